The minimum atomic E-state index is -0.671. The number of benzene rings is 1. The minimum Gasteiger partial charge on any atom is -0.387 e. The van der Waals surface area contributed by atoms with Gasteiger partial charge in [0.05, 0.1) is 24.0 Å². The number of aryl methyl sites for hydroxylation is 1. The summed E-state index contributed by atoms with van der Waals surface area (Å²) in [4.78, 5) is 27.8. The first-order chi connectivity index (χ1) is 14.1. The second kappa shape index (κ2) is 8.13. The van der Waals surface area contributed by atoms with Gasteiger partial charge in [-0.25, -0.2) is 15.0 Å². The molecule has 0 spiro atoms. The minimum absolute atomic E-state index is 0.104. The van der Waals surface area contributed by atoms with Crippen LogP contribution in [0.25, 0.3) is 11.4 Å². The summed E-state index contributed by atoms with van der Waals surface area (Å²) in [6, 6.07) is 11.4. The molecule has 1 aromatic carbocycles. The highest BCUT2D eigenvalue weighted by molar-refractivity contribution is 5.55. The monoisotopic (exact) mass is 391 g/mol. The molecule has 3 aromatic rings. The molecule has 1 aliphatic heterocycles. The summed E-state index contributed by atoms with van der Waals surface area (Å²) in [6.45, 7) is 5.15. The Morgan fingerprint density at radius 2 is 2.00 bits per heavy atom. The predicted octanol–water partition coefficient (Wildman–Crippen LogP) is 2.73. The van der Waals surface area contributed by atoms with Crippen molar-refractivity contribution in [3.05, 3.63) is 70.4 Å². The molecule has 0 saturated carbocycles. The topological polar surface area (TPSA) is 84.1 Å². The molecule has 3 heterocycles. The fourth-order valence-corrected chi connectivity index (χ4v) is 3.83. The van der Waals surface area contributed by atoms with E-state index in [-0.39, 0.29) is 11.6 Å². The van der Waals surface area contributed by atoms with Crippen LogP contribution in [0, 0.1) is 6.92 Å². The molecule has 2 aromatic heterocycles. The van der Waals surface area contributed by atoms with Crippen LogP contribution in [0.1, 0.15) is 37.0 Å². The number of aliphatic hydroxyl groups excluding tert-OH is 1. The number of nitrogens with zero attached hydrogens (tertiary/aromatic N) is 5. The van der Waals surface area contributed by atoms with E-state index in [1.54, 1.807) is 16.8 Å². The van der Waals surface area contributed by atoms with E-state index in [1.165, 1.54) is 12.4 Å². The quantitative estimate of drug-likeness (QED) is 0.720. The maximum absolute atomic E-state index is 12.8. The molecule has 7 heteroatoms. The Morgan fingerprint density at radius 1 is 1.21 bits per heavy atom. The Kier molecular flexibility index (Phi) is 5.40. The van der Waals surface area contributed by atoms with Gasteiger partial charge in [0.2, 0.25) is 5.95 Å². The molecule has 0 saturated heterocycles. The molecule has 150 valence electrons. The van der Waals surface area contributed by atoms with Crippen LogP contribution in [-0.4, -0.2) is 37.2 Å². The zero-order valence-corrected chi connectivity index (χ0v) is 16.7. The summed E-state index contributed by atoms with van der Waals surface area (Å²) < 4.78 is 1.69. The van der Waals surface area contributed by atoms with Crippen molar-refractivity contribution in [1.82, 2.24) is 19.5 Å². The Bertz CT molecular complexity index is 1030. The standard InChI is InChI=1S/C22H25N5O2/c1-3-17-9-11-26-21(29)12-19(18-8-10-23-14-24-18)25-22(26)27(17)13-20(28)16-6-4-15(2)5-7-16/h4-8,10,12,14,17,20,28H,3,9,11,13H2,1-2H3. The van der Waals surface area contributed by atoms with Crippen molar-refractivity contribution in [2.45, 2.75) is 45.4 Å². The largest absolute Gasteiger partial charge is 0.387 e. The zero-order chi connectivity index (χ0) is 20.4. The molecule has 1 N–H and O–H groups in total. The second-order valence-corrected chi connectivity index (χ2v) is 7.46. The average molecular weight is 391 g/mol. The molecule has 1 aliphatic rings. The Morgan fingerprint density at radius 3 is 2.69 bits per heavy atom. The van der Waals surface area contributed by atoms with Crippen LogP contribution in [0.15, 0.2) is 53.7 Å². The van der Waals surface area contributed by atoms with Crippen molar-refractivity contribution in [2.75, 3.05) is 11.4 Å². The SMILES string of the molecule is CCC1CCn2c(nc(-c3ccncn3)cc2=O)N1CC(O)c1ccc(C)cc1. The van der Waals surface area contributed by atoms with E-state index in [0.29, 0.717) is 30.4 Å². The first kappa shape index (κ1) is 19.3. The van der Waals surface area contributed by atoms with E-state index >= 15 is 0 Å². The summed E-state index contributed by atoms with van der Waals surface area (Å²) in [5.74, 6) is 0.593. The first-order valence-electron chi connectivity index (χ1n) is 9.96. The van der Waals surface area contributed by atoms with E-state index in [2.05, 4.69) is 21.8 Å². The molecule has 0 fully saturated rings. The van der Waals surface area contributed by atoms with Gasteiger partial charge >= 0.3 is 0 Å². The smallest absolute Gasteiger partial charge is 0.255 e. The molecule has 0 amide bonds. The Balaban J connectivity index is 1.73. The molecule has 0 bridgehead atoms. The number of aliphatic hydroxyl groups is 1. The van der Waals surface area contributed by atoms with Gasteiger partial charge in [0, 0.05) is 24.8 Å². The zero-order valence-electron chi connectivity index (χ0n) is 16.7. The molecule has 29 heavy (non-hydrogen) atoms. The predicted molar refractivity (Wildman–Crippen MR) is 112 cm³/mol. The van der Waals surface area contributed by atoms with Crippen LogP contribution in [0.4, 0.5) is 5.95 Å². The van der Waals surface area contributed by atoms with Crippen LogP contribution in [-0.2, 0) is 6.54 Å². The van der Waals surface area contributed by atoms with Gasteiger partial charge in [-0.3, -0.25) is 9.36 Å². The Hall–Kier alpha value is -3.06. The number of hydrogen-bond acceptors (Lipinski definition) is 6. The first-order valence-corrected chi connectivity index (χ1v) is 9.96. The molecule has 4 rings (SSSR count). The second-order valence-electron chi connectivity index (χ2n) is 7.46. The van der Waals surface area contributed by atoms with Crippen LogP contribution < -0.4 is 10.5 Å². The number of β-amino-alcohol motifs (C(OH)–C–C–N with tert-alkyl or cyclic N) is 1. The van der Waals surface area contributed by atoms with E-state index in [1.807, 2.05) is 31.2 Å². The molecule has 2 unspecified atom stereocenters. The summed E-state index contributed by atoms with van der Waals surface area (Å²) >= 11 is 0. The molecule has 0 radical (unpaired) electrons. The van der Waals surface area contributed by atoms with Crippen LogP contribution >= 0.6 is 0 Å². The molecule has 2 atom stereocenters. The van der Waals surface area contributed by atoms with Gasteiger partial charge in [0.25, 0.3) is 5.56 Å². The van der Waals surface area contributed by atoms with Gasteiger partial charge in [-0.2, -0.15) is 0 Å². The number of aromatic nitrogens is 4. The Labute approximate surface area is 169 Å². The summed E-state index contributed by atoms with van der Waals surface area (Å²) in [6.07, 6.45) is 4.17. The van der Waals surface area contributed by atoms with Crippen molar-refractivity contribution >= 4 is 5.95 Å². The highest BCUT2D eigenvalue weighted by Crippen LogP contribution is 2.28. The van der Waals surface area contributed by atoms with E-state index in [9.17, 15) is 9.90 Å². The van der Waals surface area contributed by atoms with Crippen molar-refractivity contribution in [3.63, 3.8) is 0 Å². The lowest BCUT2D eigenvalue weighted by Crippen LogP contribution is -2.47. The lowest BCUT2D eigenvalue weighted by Gasteiger charge is -2.39. The maximum Gasteiger partial charge on any atom is 0.255 e. The average Bonchev–Trinajstić information content (AvgIpc) is 2.75. The van der Waals surface area contributed by atoms with Crippen molar-refractivity contribution in [1.29, 1.82) is 0 Å². The van der Waals surface area contributed by atoms with E-state index in [4.69, 9.17) is 4.98 Å². The van der Waals surface area contributed by atoms with Gasteiger partial charge in [-0.15, -0.1) is 0 Å². The summed E-state index contributed by atoms with van der Waals surface area (Å²) in [5.41, 5.74) is 3.04. The van der Waals surface area contributed by atoms with Crippen LogP contribution in [0.5, 0.6) is 0 Å². The van der Waals surface area contributed by atoms with Gasteiger partial charge in [-0.1, -0.05) is 36.8 Å². The maximum atomic E-state index is 12.8. The fourth-order valence-electron chi connectivity index (χ4n) is 3.83. The third-order valence-electron chi connectivity index (χ3n) is 5.52. The van der Waals surface area contributed by atoms with Gasteiger partial charge in [0.15, 0.2) is 0 Å². The van der Waals surface area contributed by atoms with E-state index < -0.39 is 6.10 Å². The summed E-state index contributed by atoms with van der Waals surface area (Å²) in [7, 11) is 0. The number of fused-ring (bicyclic) bond motifs is 1. The highest BCUT2D eigenvalue weighted by atomic mass is 16.3. The van der Waals surface area contributed by atoms with E-state index in [0.717, 1.165) is 24.0 Å². The van der Waals surface area contributed by atoms with Crippen molar-refractivity contribution < 1.29 is 5.11 Å². The molecular formula is C22H25N5O2. The lowest BCUT2D eigenvalue weighted by atomic mass is 10.0. The normalized spacial score (nSPS) is 17.1. The number of rotatable bonds is 5. The van der Waals surface area contributed by atoms with Gasteiger partial charge < -0.3 is 10.0 Å². The van der Waals surface area contributed by atoms with Crippen LogP contribution in [0.3, 0.4) is 0 Å². The van der Waals surface area contributed by atoms with Crippen molar-refractivity contribution in [2.24, 2.45) is 0 Å². The molecular weight excluding hydrogens is 366 g/mol. The summed E-state index contributed by atoms with van der Waals surface area (Å²) in [5, 5.41) is 10.9. The lowest BCUT2D eigenvalue weighted by molar-refractivity contribution is 0.176. The van der Waals surface area contributed by atoms with Gasteiger partial charge in [0.1, 0.15) is 6.33 Å². The number of hydrogen-bond donors (Lipinski definition) is 1. The highest BCUT2D eigenvalue weighted by Gasteiger charge is 2.29. The van der Waals surface area contributed by atoms with Crippen molar-refractivity contribution in [3.8, 4) is 11.4 Å². The van der Waals surface area contributed by atoms with Gasteiger partial charge in [-0.05, 0) is 31.4 Å². The third kappa shape index (κ3) is 3.91. The third-order valence-corrected chi connectivity index (χ3v) is 5.52. The molecule has 0 aliphatic carbocycles. The number of anilines is 1. The fraction of sp³-hybridized carbons (Fsp3) is 0.364. The molecule has 7 nitrogen and oxygen atoms in total. The van der Waals surface area contributed by atoms with Crippen LogP contribution in [0.2, 0.25) is 0 Å².